The smallest absolute Gasteiger partial charge is 0.136 e. The Balaban J connectivity index is 1.33. The van der Waals surface area contributed by atoms with E-state index in [0.717, 1.165) is 11.2 Å². The van der Waals surface area contributed by atoms with Crippen molar-refractivity contribution in [2.75, 3.05) is 0 Å². The summed E-state index contributed by atoms with van der Waals surface area (Å²) < 4.78 is 6.33. The quantitative estimate of drug-likeness (QED) is 0.151. The van der Waals surface area contributed by atoms with E-state index in [2.05, 4.69) is 147 Å². The molecule has 0 unspecified atom stereocenters. The highest BCUT2D eigenvalue weighted by atomic mass is 16.3. The molecule has 0 amide bonds. The third-order valence-electron chi connectivity index (χ3n) is 10.2. The van der Waals surface area contributed by atoms with Gasteiger partial charge in [0.15, 0.2) is 0 Å². The van der Waals surface area contributed by atoms with Gasteiger partial charge in [-0.25, -0.2) is 0 Å². The maximum absolute atomic E-state index is 6.33. The summed E-state index contributed by atoms with van der Waals surface area (Å²) in [5.41, 5.74) is 12.5. The first kappa shape index (κ1) is 24.1. The lowest BCUT2D eigenvalue weighted by Gasteiger charge is -2.22. The van der Waals surface area contributed by atoms with Gasteiger partial charge in [-0.15, -0.1) is 0 Å². The van der Waals surface area contributed by atoms with Crippen LogP contribution in [-0.2, 0) is 5.41 Å². The molecule has 0 atom stereocenters. The van der Waals surface area contributed by atoms with E-state index >= 15 is 0 Å². The molecule has 0 radical (unpaired) electrons. The molecule has 206 valence electrons. The molecule has 8 aromatic carbocycles. The van der Waals surface area contributed by atoms with E-state index in [1.54, 1.807) is 0 Å². The number of hydrogen-bond acceptors (Lipinski definition) is 1. The molecule has 1 aromatic heterocycles. The van der Waals surface area contributed by atoms with Crippen LogP contribution >= 0.6 is 0 Å². The Morgan fingerprint density at radius 3 is 1.77 bits per heavy atom. The summed E-state index contributed by atoms with van der Waals surface area (Å²) >= 11 is 0. The summed E-state index contributed by atoms with van der Waals surface area (Å²) in [7, 11) is 0. The number of furan rings is 1. The fraction of sp³-hybridized carbons (Fsp3) is 0.0698. The Labute approximate surface area is 255 Å². The van der Waals surface area contributed by atoms with E-state index in [1.807, 2.05) is 0 Å². The molecule has 0 aliphatic heterocycles. The van der Waals surface area contributed by atoms with Gasteiger partial charge in [0.1, 0.15) is 11.2 Å². The summed E-state index contributed by atoms with van der Waals surface area (Å²) in [5, 5.41) is 9.97. The summed E-state index contributed by atoms with van der Waals surface area (Å²) in [6, 6.07) is 49.3. The molecule has 44 heavy (non-hydrogen) atoms. The van der Waals surface area contributed by atoms with Gasteiger partial charge in [0.05, 0.1) is 0 Å². The molecule has 0 spiro atoms. The van der Waals surface area contributed by atoms with Crippen LogP contribution in [0.5, 0.6) is 0 Å². The Hall–Kier alpha value is -5.40. The number of rotatable bonds is 2. The van der Waals surface area contributed by atoms with Crippen LogP contribution in [0.15, 0.2) is 138 Å². The molecular weight excluding hydrogens is 532 g/mol. The third-order valence-corrected chi connectivity index (χ3v) is 10.2. The van der Waals surface area contributed by atoms with Gasteiger partial charge in [-0.2, -0.15) is 0 Å². The minimum Gasteiger partial charge on any atom is -0.456 e. The largest absolute Gasteiger partial charge is 0.456 e. The van der Waals surface area contributed by atoms with Gasteiger partial charge in [0.2, 0.25) is 0 Å². The number of fused-ring (bicyclic) bond motifs is 5. The van der Waals surface area contributed by atoms with E-state index in [1.165, 1.54) is 87.6 Å². The molecule has 1 heterocycles. The normalized spacial score (nSPS) is 13.9. The second-order valence-electron chi connectivity index (χ2n) is 12.8. The second-order valence-corrected chi connectivity index (χ2v) is 12.8. The first-order chi connectivity index (χ1) is 21.6. The van der Waals surface area contributed by atoms with Gasteiger partial charge >= 0.3 is 0 Å². The molecule has 0 saturated carbocycles. The lowest BCUT2D eigenvalue weighted by molar-refractivity contribution is 0.660. The summed E-state index contributed by atoms with van der Waals surface area (Å²) in [4.78, 5) is 0. The molecule has 1 heteroatoms. The zero-order chi connectivity index (χ0) is 29.2. The van der Waals surface area contributed by atoms with Crippen molar-refractivity contribution >= 4 is 54.3 Å². The Kier molecular flexibility index (Phi) is 4.58. The van der Waals surface area contributed by atoms with Gasteiger partial charge in [-0.05, 0) is 101 Å². The van der Waals surface area contributed by atoms with Crippen molar-refractivity contribution in [3.8, 4) is 33.4 Å². The topological polar surface area (TPSA) is 13.1 Å². The van der Waals surface area contributed by atoms with Crippen LogP contribution in [0.4, 0.5) is 0 Å². The zero-order valence-corrected chi connectivity index (χ0v) is 24.6. The van der Waals surface area contributed by atoms with E-state index < -0.39 is 0 Å². The average molecular weight is 561 g/mol. The van der Waals surface area contributed by atoms with Crippen molar-refractivity contribution in [2.24, 2.45) is 0 Å². The molecule has 1 aliphatic carbocycles. The summed E-state index contributed by atoms with van der Waals surface area (Å²) in [5.74, 6) is 0. The second kappa shape index (κ2) is 8.36. The summed E-state index contributed by atoms with van der Waals surface area (Å²) in [6.45, 7) is 4.70. The van der Waals surface area contributed by atoms with Gasteiger partial charge in [-0.1, -0.05) is 123 Å². The predicted octanol–water partition coefficient (Wildman–Crippen LogP) is 12.1. The van der Waals surface area contributed by atoms with Crippen molar-refractivity contribution < 1.29 is 4.42 Å². The predicted molar refractivity (Wildman–Crippen MR) is 186 cm³/mol. The van der Waals surface area contributed by atoms with Crippen LogP contribution in [0, 0.1) is 0 Å². The minimum atomic E-state index is -0.0122. The van der Waals surface area contributed by atoms with E-state index in [-0.39, 0.29) is 5.41 Å². The van der Waals surface area contributed by atoms with Crippen LogP contribution < -0.4 is 0 Å². The molecule has 0 N–H and O–H groups in total. The molecule has 0 saturated heterocycles. The first-order valence-corrected chi connectivity index (χ1v) is 15.4. The fourth-order valence-electron chi connectivity index (χ4n) is 8.28. The molecule has 1 aliphatic rings. The number of hydrogen-bond donors (Lipinski definition) is 0. The molecule has 0 fully saturated rings. The molecule has 0 bridgehead atoms. The zero-order valence-electron chi connectivity index (χ0n) is 24.6. The monoisotopic (exact) mass is 560 g/mol. The first-order valence-electron chi connectivity index (χ1n) is 15.4. The Morgan fingerprint density at radius 2 is 1.02 bits per heavy atom. The lowest BCUT2D eigenvalue weighted by Crippen LogP contribution is -2.14. The maximum Gasteiger partial charge on any atom is 0.136 e. The summed E-state index contributed by atoms with van der Waals surface area (Å²) in [6.07, 6.45) is 0. The van der Waals surface area contributed by atoms with Crippen molar-refractivity contribution in [3.63, 3.8) is 0 Å². The molecule has 1 nitrogen and oxygen atoms in total. The van der Waals surface area contributed by atoms with Crippen molar-refractivity contribution in [1.82, 2.24) is 0 Å². The van der Waals surface area contributed by atoms with Crippen molar-refractivity contribution in [1.29, 1.82) is 0 Å². The maximum atomic E-state index is 6.33. The minimum absolute atomic E-state index is 0.0122. The fourth-order valence-corrected chi connectivity index (χ4v) is 8.28. The van der Waals surface area contributed by atoms with Gasteiger partial charge in [0.25, 0.3) is 0 Å². The van der Waals surface area contributed by atoms with Crippen molar-refractivity contribution in [3.05, 3.63) is 145 Å². The van der Waals surface area contributed by atoms with Crippen LogP contribution in [0.2, 0.25) is 0 Å². The highest BCUT2D eigenvalue weighted by Gasteiger charge is 2.35. The number of benzene rings is 8. The Bertz CT molecular complexity index is 2570. The van der Waals surface area contributed by atoms with Gasteiger partial charge < -0.3 is 4.42 Å². The van der Waals surface area contributed by atoms with Crippen LogP contribution in [0.25, 0.3) is 87.6 Å². The van der Waals surface area contributed by atoms with E-state index in [4.69, 9.17) is 4.42 Å². The van der Waals surface area contributed by atoms with Gasteiger partial charge in [0, 0.05) is 16.2 Å². The van der Waals surface area contributed by atoms with E-state index in [0.29, 0.717) is 0 Å². The van der Waals surface area contributed by atoms with Gasteiger partial charge in [-0.3, -0.25) is 0 Å². The SMILES string of the molecule is CC1(C)c2ccccc2-c2cc(-c3c4ccccc4c(-c4cc5cccc6oc7cccc4c7c56)c4ccccc34)ccc21. The lowest BCUT2D eigenvalue weighted by atomic mass is 9.81. The highest BCUT2D eigenvalue weighted by Crippen LogP contribution is 2.52. The molecule has 9 aromatic rings. The third kappa shape index (κ3) is 2.99. The average Bonchev–Trinajstić information content (AvgIpc) is 3.56. The molecular formula is C43H28O. The van der Waals surface area contributed by atoms with Crippen LogP contribution in [0.3, 0.4) is 0 Å². The molecule has 10 rings (SSSR count). The Morgan fingerprint density at radius 1 is 0.432 bits per heavy atom. The standard InChI is InChI=1S/C43H28O/c1-43(2)35-18-8-7-12-27(35)33-23-26(21-22-36(33)43)39-28-13-3-5-15-30(28)41(31-16-6-4-14-29(31)39)34-24-25-11-9-19-37-40(25)42-32(34)17-10-20-38(42)44-37/h3-24H,1-2H3. The van der Waals surface area contributed by atoms with Crippen LogP contribution in [-0.4, -0.2) is 0 Å². The van der Waals surface area contributed by atoms with E-state index in [9.17, 15) is 0 Å². The van der Waals surface area contributed by atoms with Crippen molar-refractivity contribution in [2.45, 2.75) is 19.3 Å². The van der Waals surface area contributed by atoms with Crippen LogP contribution in [0.1, 0.15) is 25.0 Å². The highest BCUT2D eigenvalue weighted by molar-refractivity contribution is 6.29.